The molecule has 0 unspecified atom stereocenters. The fraction of sp³-hybridized carbons (Fsp3) is 0.846. The van der Waals surface area contributed by atoms with E-state index in [1.807, 2.05) is 0 Å². The van der Waals surface area contributed by atoms with E-state index in [9.17, 15) is 4.79 Å². The molecule has 0 aliphatic rings. The number of amides is 1. The minimum absolute atomic E-state index is 0. The van der Waals surface area contributed by atoms with E-state index < -0.39 is 0 Å². The van der Waals surface area contributed by atoms with Crippen molar-refractivity contribution in [1.82, 2.24) is 5.32 Å². The van der Waals surface area contributed by atoms with E-state index in [0.717, 1.165) is 12.8 Å². The third-order valence-corrected chi connectivity index (χ3v) is 2.70. The van der Waals surface area contributed by atoms with Crippen LogP contribution in [-0.4, -0.2) is 5.91 Å². The minimum atomic E-state index is -0.148. The van der Waals surface area contributed by atoms with E-state index in [4.69, 9.17) is 5.26 Å². The topological polar surface area (TPSA) is 52.9 Å². The average Bonchev–Trinajstić information content (AvgIpc) is 2.27. The summed E-state index contributed by atoms with van der Waals surface area (Å²) in [5, 5.41) is 10.3. The van der Waals surface area contributed by atoms with Crippen LogP contribution in [-0.2, 0) is 4.79 Å². The summed E-state index contributed by atoms with van der Waals surface area (Å²) in [5.41, 5.74) is 0. The number of unbranched alkanes of at least 4 members (excludes halogenated alkanes) is 8. The molecule has 0 bridgehead atoms. The number of carbonyl (C=O) groups excluding carboxylic acids is 1. The molecule has 0 aromatic carbocycles. The zero-order valence-corrected chi connectivity index (χ0v) is 13.4. The molecule has 0 rings (SSSR count). The fourth-order valence-electron chi connectivity index (χ4n) is 1.72. The molecule has 1 amide bonds. The largest absolute Gasteiger partial charge is 1.00 e. The van der Waals surface area contributed by atoms with E-state index >= 15 is 0 Å². The van der Waals surface area contributed by atoms with Crippen LogP contribution in [0.3, 0.4) is 0 Å². The van der Waals surface area contributed by atoms with Gasteiger partial charge in [-0.25, -0.2) is 0 Å². The Morgan fingerprint density at radius 3 is 2.00 bits per heavy atom. The van der Waals surface area contributed by atoms with Gasteiger partial charge in [0.1, 0.15) is 0 Å². The number of rotatable bonds is 10. The summed E-state index contributed by atoms with van der Waals surface area (Å²) >= 11 is 0. The van der Waals surface area contributed by atoms with Crippen molar-refractivity contribution in [3.8, 4) is 6.19 Å². The summed E-state index contributed by atoms with van der Waals surface area (Å²) in [4.78, 5) is 10.9. The van der Waals surface area contributed by atoms with E-state index in [-0.39, 0.29) is 36.9 Å². The molecule has 4 heteroatoms. The Bertz CT molecular complexity index is 220. The van der Waals surface area contributed by atoms with Crippen LogP contribution in [0.4, 0.5) is 0 Å². The van der Waals surface area contributed by atoms with Crippen molar-refractivity contribution in [2.75, 3.05) is 0 Å². The van der Waals surface area contributed by atoms with Gasteiger partial charge in [0.05, 0.1) is 0 Å². The van der Waals surface area contributed by atoms with Crippen molar-refractivity contribution in [3.05, 3.63) is 0 Å². The molecule has 3 nitrogen and oxygen atoms in total. The zero-order chi connectivity index (χ0) is 12.1. The summed E-state index contributed by atoms with van der Waals surface area (Å²) in [6.07, 6.45) is 13.3. The van der Waals surface area contributed by atoms with Gasteiger partial charge in [-0.15, -0.1) is 0 Å². The normalized spacial score (nSPS) is 9.18. The van der Waals surface area contributed by atoms with Gasteiger partial charge >= 0.3 is 29.6 Å². The monoisotopic (exact) mass is 248 g/mol. The Kier molecular flexibility index (Phi) is 18.1. The van der Waals surface area contributed by atoms with E-state index in [0.29, 0.717) is 6.42 Å². The molecule has 0 radical (unpaired) electrons. The van der Waals surface area contributed by atoms with Crippen molar-refractivity contribution in [1.29, 1.82) is 5.26 Å². The Morgan fingerprint density at radius 1 is 1.06 bits per heavy atom. The summed E-state index contributed by atoms with van der Waals surface area (Å²) < 4.78 is 0. The zero-order valence-electron chi connectivity index (χ0n) is 12.4. The molecule has 1 N–H and O–H groups in total. The molecule has 94 valence electrons. The second-order valence-corrected chi connectivity index (χ2v) is 4.24. The van der Waals surface area contributed by atoms with E-state index in [1.54, 1.807) is 6.19 Å². The van der Waals surface area contributed by atoms with Crippen LogP contribution in [0.1, 0.15) is 72.6 Å². The molecule has 0 aromatic rings. The Morgan fingerprint density at radius 2 is 1.53 bits per heavy atom. The molecule has 0 aromatic heterocycles. The predicted molar refractivity (Wildman–Crippen MR) is 66.7 cm³/mol. The second-order valence-electron chi connectivity index (χ2n) is 4.24. The standard InChI is InChI=1S/C13H24N2O.Na.H/c1-2-3-4-5-6-7-8-9-10-11-13(16)15-12-14;;/h2-11H2,1H3,(H,15,16);;/q;+1;-1. The van der Waals surface area contributed by atoms with Gasteiger partial charge in [0, 0.05) is 6.42 Å². The molecule has 0 heterocycles. The number of hydrogen-bond donors (Lipinski definition) is 1. The summed E-state index contributed by atoms with van der Waals surface area (Å²) in [5.74, 6) is -0.148. The van der Waals surface area contributed by atoms with Gasteiger partial charge in [-0.3, -0.25) is 10.1 Å². The average molecular weight is 248 g/mol. The summed E-state index contributed by atoms with van der Waals surface area (Å²) in [6, 6.07) is 0. The first kappa shape index (κ1) is 19.3. The molecule has 0 saturated carbocycles. The van der Waals surface area contributed by atoms with Gasteiger partial charge in [0.2, 0.25) is 5.91 Å². The number of carbonyl (C=O) groups is 1. The van der Waals surface area contributed by atoms with E-state index in [1.165, 1.54) is 44.9 Å². The first-order valence-corrected chi connectivity index (χ1v) is 6.49. The number of hydrogen-bond acceptors (Lipinski definition) is 2. The minimum Gasteiger partial charge on any atom is -1.00 e. The number of nitrogens with zero attached hydrogens (tertiary/aromatic N) is 1. The van der Waals surface area contributed by atoms with Gasteiger partial charge in [-0.2, -0.15) is 5.26 Å². The Hall–Kier alpha value is -0.0400. The molecular formula is C13H25N2NaO. The fourth-order valence-corrected chi connectivity index (χ4v) is 1.72. The maximum Gasteiger partial charge on any atom is 1.00 e. The summed E-state index contributed by atoms with van der Waals surface area (Å²) in [6.45, 7) is 2.23. The van der Waals surface area contributed by atoms with Crippen LogP contribution in [0.5, 0.6) is 0 Å². The Labute approximate surface area is 129 Å². The van der Waals surface area contributed by atoms with Gasteiger partial charge < -0.3 is 1.43 Å². The molecule has 0 aliphatic heterocycles. The van der Waals surface area contributed by atoms with Gasteiger partial charge in [-0.05, 0) is 6.42 Å². The van der Waals surface area contributed by atoms with Crippen LogP contribution >= 0.6 is 0 Å². The van der Waals surface area contributed by atoms with Crippen LogP contribution < -0.4 is 34.9 Å². The van der Waals surface area contributed by atoms with E-state index in [2.05, 4.69) is 12.2 Å². The van der Waals surface area contributed by atoms with Crippen molar-refractivity contribution >= 4 is 5.91 Å². The smallest absolute Gasteiger partial charge is 1.00 e. The van der Waals surface area contributed by atoms with Crippen molar-refractivity contribution in [2.24, 2.45) is 0 Å². The van der Waals surface area contributed by atoms with Crippen molar-refractivity contribution in [3.63, 3.8) is 0 Å². The van der Waals surface area contributed by atoms with Crippen LogP contribution in [0.25, 0.3) is 0 Å². The SMILES string of the molecule is CCCCCCCCCCCC(=O)NC#N.[H-].[Na+]. The maximum absolute atomic E-state index is 10.9. The maximum atomic E-state index is 10.9. The van der Waals surface area contributed by atoms with Crippen LogP contribution in [0.15, 0.2) is 0 Å². The quantitative estimate of drug-likeness (QED) is 0.267. The first-order chi connectivity index (χ1) is 7.81. The Balaban J connectivity index is -0.00000112. The van der Waals surface area contributed by atoms with Crippen molar-refractivity contribution in [2.45, 2.75) is 71.1 Å². The molecule has 17 heavy (non-hydrogen) atoms. The predicted octanol–water partition coefficient (Wildman–Crippen LogP) is 0.621. The van der Waals surface area contributed by atoms with Crippen molar-refractivity contribution < 1.29 is 35.8 Å². The number of nitriles is 1. The molecule has 0 saturated heterocycles. The number of nitrogens with one attached hydrogen (secondary N) is 1. The van der Waals surface area contributed by atoms with Gasteiger partial charge in [-0.1, -0.05) is 58.3 Å². The second kappa shape index (κ2) is 16.0. The third-order valence-electron chi connectivity index (χ3n) is 2.70. The third kappa shape index (κ3) is 16.0. The molecular weight excluding hydrogens is 223 g/mol. The molecule has 0 spiro atoms. The van der Waals surface area contributed by atoms with Gasteiger partial charge in [0.15, 0.2) is 6.19 Å². The molecule has 0 aliphatic carbocycles. The molecule has 0 atom stereocenters. The first-order valence-electron chi connectivity index (χ1n) is 6.49. The van der Waals surface area contributed by atoms with Crippen LogP contribution in [0.2, 0.25) is 0 Å². The van der Waals surface area contributed by atoms with Crippen LogP contribution in [0, 0.1) is 11.5 Å². The summed E-state index contributed by atoms with van der Waals surface area (Å²) in [7, 11) is 0. The van der Waals surface area contributed by atoms with Gasteiger partial charge in [0.25, 0.3) is 0 Å². The molecule has 0 fully saturated rings.